The number of halogens is 1. The molecule has 27 heavy (non-hydrogen) atoms. The highest BCUT2D eigenvalue weighted by Gasteiger charge is 2.09. The molecule has 1 aromatic carbocycles. The molecular formula is C20H28ClN2O3S-. The minimum absolute atomic E-state index is 0. The van der Waals surface area contributed by atoms with E-state index in [-0.39, 0.29) is 12.4 Å². The molecule has 5 nitrogen and oxygen atoms in total. The van der Waals surface area contributed by atoms with Gasteiger partial charge in [0.2, 0.25) is 0 Å². The Morgan fingerprint density at radius 3 is 2.78 bits per heavy atom. The lowest BCUT2D eigenvalue weighted by Crippen LogP contribution is -3.00. The van der Waals surface area contributed by atoms with Crippen LogP contribution < -0.4 is 27.2 Å². The summed E-state index contributed by atoms with van der Waals surface area (Å²) < 4.78 is 16.8. The Balaban J connectivity index is 0.00000261. The molecule has 1 aliphatic rings. The largest absolute Gasteiger partial charge is 1.00 e. The van der Waals surface area contributed by atoms with Crippen molar-refractivity contribution in [3.8, 4) is 11.5 Å². The molecule has 0 radical (unpaired) electrons. The lowest BCUT2D eigenvalue weighted by Gasteiger charge is -2.26. The number of rotatable bonds is 10. The molecule has 1 fully saturated rings. The predicted octanol–water partition coefficient (Wildman–Crippen LogP) is 0.152. The molecule has 2 heterocycles. The molecular weight excluding hydrogens is 384 g/mol. The van der Waals surface area contributed by atoms with E-state index in [0.29, 0.717) is 6.61 Å². The monoisotopic (exact) mass is 411 g/mol. The molecule has 0 amide bonds. The van der Waals surface area contributed by atoms with Gasteiger partial charge in [-0.05, 0) is 48.7 Å². The third-order valence-electron chi connectivity index (χ3n) is 4.44. The molecule has 3 rings (SSSR count). The Morgan fingerprint density at radius 2 is 2.04 bits per heavy atom. The average molecular weight is 412 g/mol. The molecule has 0 bridgehead atoms. The molecule has 1 saturated heterocycles. The van der Waals surface area contributed by atoms with Gasteiger partial charge < -0.3 is 31.9 Å². The first-order valence-corrected chi connectivity index (χ1v) is 10.1. The molecule has 1 aromatic heterocycles. The van der Waals surface area contributed by atoms with Crippen LogP contribution in [0.5, 0.6) is 11.5 Å². The molecule has 0 saturated carbocycles. The van der Waals surface area contributed by atoms with Gasteiger partial charge >= 0.3 is 0 Å². The maximum atomic E-state index is 5.89. The highest BCUT2D eigenvalue weighted by molar-refractivity contribution is 7.09. The van der Waals surface area contributed by atoms with E-state index in [1.807, 2.05) is 12.1 Å². The van der Waals surface area contributed by atoms with Crippen molar-refractivity contribution in [1.29, 1.82) is 0 Å². The van der Waals surface area contributed by atoms with Crippen molar-refractivity contribution in [2.24, 2.45) is 0 Å². The van der Waals surface area contributed by atoms with Crippen molar-refractivity contribution in [1.82, 2.24) is 10.2 Å². The number of ether oxygens (including phenoxy) is 3. The molecule has 150 valence electrons. The first-order chi connectivity index (χ1) is 12.8. The Labute approximate surface area is 172 Å². The van der Waals surface area contributed by atoms with Crippen LogP contribution in [0.25, 0.3) is 0 Å². The average Bonchev–Trinajstić information content (AvgIpc) is 3.21. The number of nitrogens with one attached hydrogen (secondary N) is 1. The van der Waals surface area contributed by atoms with E-state index >= 15 is 0 Å². The van der Waals surface area contributed by atoms with E-state index in [1.165, 1.54) is 10.4 Å². The van der Waals surface area contributed by atoms with Crippen LogP contribution in [0.4, 0.5) is 0 Å². The number of hydrogen-bond donors (Lipinski definition) is 1. The third kappa shape index (κ3) is 7.31. The van der Waals surface area contributed by atoms with Gasteiger partial charge in [-0.25, -0.2) is 0 Å². The van der Waals surface area contributed by atoms with Crippen LogP contribution in [-0.2, 0) is 17.9 Å². The maximum Gasteiger partial charge on any atom is 0.161 e. The number of hydrogen-bond acceptors (Lipinski definition) is 6. The van der Waals surface area contributed by atoms with Gasteiger partial charge in [0.15, 0.2) is 11.5 Å². The van der Waals surface area contributed by atoms with Gasteiger partial charge in [0.1, 0.15) is 6.61 Å². The summed E-state index contributed by atoms with van der Waals surface area (Å²) in [5.41, 5.74) is 1.21. The fourth-order valence-corrected chi connectivity index (χ4v) is 3.59. The van der Waals surface area contributed by atoms with Gasteiger partial charge in [-0.2, -0.15) is 0 Å². The van der Waals surface area contributed by atoms with Crippen LogP contribution in [0.2, 0.25) is 0 Å². The number of nitrogens with zero attached hydrogens (tertiary/aromatic N) is 1. The first-order valence-electron chi connectivity index (χ1n) is 9.18. The predicted molar refractivity (Wildman–Crippen MR) is 105 cm³/mol. The lowest BCUT2D eigenvalue weighted by atomic mass is 10.2. The molecule has 1 N–H and O–H groups in total. The first kappa shape index (κ1) is 22.0. The topological polar surface area (TPSA) is 43.0 Å². The fraction of sp³-hybridized carbons (Fsp3) is 0.500. The van der Waals surface area contributed by atoms with Gasteiger partial charge in [0.05, 0.1) is 20.3 Å². The van der Waals surface area contributed by atoms with Crippen LogP contribution in [0.1, 0.15) is 16.9 Å². The molecule has 0 atom stereocenters. The van der Waals surface area contributed by atoms with Crippen molar-refractivity contribution in [2.45, 2.75) is 19.6 Å². The van der Waals surface area contributed by atoms with Gasteiger partial charge in [0, 0.05) is 24.5 Å². The Hall–Kier alpha value is -1.31. The summed E-state index contributed by atoms with van der Waals surface area (Å²) in [6.45, 7) is 7.42. The molecule has 1 aliphatic heterocycles. The summed E-state index contributed by atoms with van der Waals surface area (Å²) in [6.07, 6.45) is 1.15. The molecule has 0 unspecified atom stereocenters. The highest BCUT2D eigenvalue weighted by Crippen LogP contribution is 2.29. The van der Waals surface area contributed by atoms with Crippen molar-refractivity contribution in [2.75, 3.05) is 46.5 Å². The standard InChI is InChI=1S/C20H28N2O3S.ClH/c1-23-20-14-17(5-6-19(20)25-16-18-4-2-13-26-18)15-21-7-3-8-22-9-11-24-12-10-22;/h2,4-6,13-14,21H,3,7-12,15-16H2,1H3;1H/p-1. The van der Waals surface area contributed by atoms with Crippen LogP contribution in [0.3, 0.4) is 0 Å². The minimum atomic E-state index is 0. The molecule has 0 spiro atoms. The Kier molecular flexibility index (Phi) is 9.94. The summed E-state index contributed by atoms with van der Waals surface area (Å²) in [5.74, 6) is 1.58. The second kappa shape index (κ2) is 12.2. The summed E-state index contributed by atoms with van der Waals surface area (Å²) in [6, 6.07) is 10.3. The number of thiophene rings is 1. The van der Waals surface area contributed by atoms with Gasteiger partial charge in [-0.3, -0.25) is 4.90 Å². The van der Waals surface area contributed by atoms with Crippen LogP contribution in [0, 0.1) is 0 Å². The quantitative estimate of drug-likeness (QED) is 0.564. The van der Waals surface area contributed by atoms with Crippen LogP contribution >= 0.6 is 11.3 Å². The normalized spacial score (nSPS) is 14.6. The summed E-state index contributed by atoms with van der Waals surface area (Å²) in [4.78, 5) is 3.67. The maximum absolute atomic E-state index is 5.89. The number of morpholine rings is 1. The van der Waals surface area contributed by atoms with Crippen LogP contribution in [0.15, 0.2) is 35.7 Å². The van der Waals surface area contributed by atoms with E-state index in [0.717, 1.165) is 63.9 Å². The second-order valence-electron chi connectivity index (χ2n) is 6.34. The van der Waals surface area contributed by atoms with E-state index in [9.17, 15) is 0 Å². The molecule has 0 aliphatic carbocycles. The van der Waals surface area contributed by atoms with E-state index < -0.39 is 0 Å². The summed E-state index contributed by atoms with van der Waals surface area (Å²) >= 11 is 1.70. The van der Waals surface area contributed by atoms with Gasteiger partial charge in [-0.15, -0.1) is 11.3 Å². The van der Waals surface area contributed by atoms with E-state index in [1.54, 1.807) is 18.4 Å². The Bertz CT molecular complexity index is 649. The zero-order chi connectivity index (χ0) is 18.0. The van der Waals surface area contributed by atoms with Crippen molar-refractivity contribution in [3.05, 3.63) is 46.2 Å². The minimum Gasteiger partial charge on any atom is -1.00 e. The number of benzene rings is 1. The SMILES string of the molecule is COc1cc(CNCCCN2CCOCC2)ccc1OCc1cccs1.[Cl-]. The van der Waals surface area contributed by atoms with Crippen molar-refractivity contribution in [3.63, 3.8) is 0 Å². The van der Waals surface area contributed by atoms with Gasteiger partial charge in [0.25, 0.3) is 0 Å². The second-order valence-corrected chi connectivity index (χ2v) is 7.37. The fourth-order valence-electron chi connectivity index (χ4n) is 2.97. The van der Waals surface area contributed by atoms with E-state index in [4.69, 9.17) is 14.2 Å². The molecule has 2 aromatic rings. The van der Waals surface area contributed by atoms with Gasteiger partial charge in [-0.1, -0.05) is 12.1 Å². The summed E-state index contributed by atoms with van der Waals surface area (Å²) in [5, 5.41) is 5.57. The third-order valence-corrected chi connectivity index (χ3v) is 5.29. The van der Waals surface area contributed by atoms with Crippen molar-refractivity contribution < 1.29 is 26.6 Å². The van der Waals surface area contributed by atoms with Crippen molar-refractivity contribution >= 4 is 11.3 Å². The zero-order valence-electron chi connectivity index (χ0n) is 15.8. The smallest absolute Gasteiger partial charge is 0.161 e. The molecule has 7 heteroatoms. The zero-order valence-corrected chi connectivity index (χ0v) is 17.4. The number of methoxy groups -OCH3 is 1. The Morgan fingerprint density at radius 1 is 1.19 bits per heavy atom. The highest BCUT2D eigenvalue weighted by atomic mass is 35.5. The van der Waals surface area contributed by atoms with E-state index in [2.05, 4.69) is 33.8 Å². The van der Waals surface area contributed by atoms with Crippen LogP contribution in [-0.4, -0.2) is 51.4 Å². The summed E-state index contributed by atoms with van der Waals surface area (Å²) in [7, 11) is 1.69. The lowest BCUT2D eigenvalue weighted by molar-refractivity contribution is -0.00000737.